The second-order valence-electron chi connectivity index (χ2n) is 9.66. The molecule has 0 aromatic heterocycles. The Balaban J connectivity index is 1.61. The van der Waals surface area contributed by atoms with Gasteiger partial charge in [-0.1, -0.05) is 31.2 Å². The molecule has 0 radical (unpaired) electrons. The number of halogens is 2. The van der Waals surface area contributed by atoms with E-state index in [4.69, 9.17) is 0 Å². The Morgan fingerprint density at radius 1 is 1.18 bits per heavy atom. The fourth-order valence-corrected chi connectivity index (χ4v) is 6.90. The standard InChI is InChI=1S/C26H24F2N2O3S/c1-13-4-3-5-16-21(15-6-7-18(27)20(28)17(15)11-34-24(13)16)30-12-26(10-14(26)2)25(33)22-23(32)19(31)8-9-29(22)30/h3-9,14,19,21,31,33H,10-12H2,1-2H3. The predicted molar refractivity (Wildman–Crippen MR) is 124 cm³/mol. The number of ketones is 1. The Labute approximate surface area is 200 Å². The number of hydrogen-bond donors (Lipinski definition) is 2. The highest BCUT2D eigenvalue weighted by Crippen LogP contribution is 2.62. The number of hydrogen-bond acceptors (Lipinski definition) is 6. The van der Waals surface area contributed by atoms with Gasteiger partial charge < -0.3 is 10.2 Å². The van der Waals surface area contributed by atoms with Gasteiger partial charge in [-0.15, -0.1) is 11.8 Å². The molecule has 3 aliphatic heterocycles. The lowest BCUT2D eigenvalue weighted by molar-refractivity contribution is -0.129. The summed E-state index contributed by atoms with van der Waals surface area (Å²) >= 11 is 1.48. The molecule has 0 amide bonds. The number of hydrazine groups is 1. The van der Waals surface area contributed by atoms with Crippen molar-refractivity contribution < 1.29 is 23.8 Å². The summed E-state index contributed by atoms with van der Waals surface area (Å²) in [6, 6.07) is 8.19. The molecule has 4 aliphatic rings. The summed E-state index contributed by atoms with van der Waals surface area (Å²) in [7, 11) is 0. The molecule has 5 nitrogen and oxygen atoms in total. The van der Waals surface area contributed by atoms with Gasteiger partial charge in [0.2, 0.25) is 5.78 Å². The van der Waals surface area contributed by atoms with Crippen molar-refractivity contribution in [2.24, 2.45) is 11.3 Å². The summed E-state index contributed by atoms with van der Waals surface area (Å²) in [6.45, 7) is 4.42. The highest BCUT2D eigenvalue weighted by atomic mass is 32.2. The SMILES string of the molecule is Cc1cccc2c1SCc1c(ccc(F)c1F)C2N1CC2(CC2C)C(O)=C2C(=O)C(O)C=CN21. The predicted octanol–water partition coefficient (Wildman–Crippen LogP) is 4.75. The van der Waals surface area contributed by atoms with Crippen molar-refractivity contribution >= 4 is 17.5 Å². The Kier molecular flexibility index (Phi) is 4.76. The number of aliphatic hydroxyl groups excluding tert-OH is 2. The minimum absolute atomic E-state index is 0.00243. The van der Waals surface area contributed by atoms with Crippen LogP contribution >= 0.6 is 11.8 Å². The van der Waals surface area contributed by atoms with E-state index in [2.05, 4.69) is 0 Å². The smallest absolute Gasteiger partial charge is 0.216 e. The van der Waals surface area contributed by atoms with Gasteiger partial charge in [0.05, 0.1) is 6.04 Å². The van der Waals surface area contributed by atoms with Crippen LogP contribution in [0.15, 0.2) is 59.0 Å². The fraction of sp³-hybridized carbons (Fsp3) is 0.346. The van der Waals surface area contributed by atoms with Crippen LogP contribution in [0.1, 0.15) is 41.6 Å². The third-order valence-electron chi connectivity index (χ3n) is 7.73. The molecule has 1 saturated carbocycles. The Morgan fingerprint density at radius 3 is 2.68 bits per heavy atom. The van der Waals surface area contributed by atoms with Gasteiger partial charge in [-0.2, -0.15) is 0 Å². The minimum atomic E-state index is -1.34. The van der Waals surface area contributed by atoms with Gasteiger partial charge in [-0.25, -0.2) is 13.8 Å². The van der Waals surface area contributed by atoms with E-state index in [0.717, 1.165) is 22.1 Å². The van der Waals surface area contributed by atoms with E-state index in [-0.39, 0.29) is 23.1 Å². The van der Waals surface area contributed by atoms with E-state index in [1.165, 1.54) is 17.8 Å². The highest BCUT2D eigenvalue weighted by Gasteiger charge is 2.61. The zero-order chi connectivity index (χ0) is 23.9. The van der Waals surface area contributed by atoms with Crippen LogP contribution in [0.2, 0.25) is 0 Å². The van der Waals surface area contributed by atoms with Crippen LogP contribution in [0, 0.1) is 29.9 Å². The van der Waals surface area contributed by atoms with Crippen LogP contribution < -0.4 is 0 Å². The minimum Gasteiger partial charge on any atom is -0.509 e. The van der Waals surface area contributed by atoms with E-state index in [9.17, 15) is 19.4 Å². The molecule has 8 heteroatoms. The lowest BCUT2D eigenvalue weighted by atomic mass is 9.88. The van der Waals surface area contributed by atoms with E-state index in [1.807, 2.05) is 37.1 Å². The largest absolute Gasteiger partial charge is 0.509 e. The number of carbonyl (C=O) groups excluding carboxylic acids is 1. The van der Waals surface area contributed by atoms with Gasteiger partial charge in [0.25, 0.3) is 0 Å². The Morgan fingerprint density at radius 2 is 1.94 bits per heavy atom. The van der Waals surface area contributed by atoms with Gasteiger partial charge in [0.15, 0.2) is 11.6 Å². The molecule has 4 atom stereocenters. The van der Waals surface area contributed by atoms with Crippen LogP contribution in [-0.4, -0.2) is 38.7 Å². The average molecular weight is 483 g/mol. The first kappa shape index (κ1) is 21.8. The highest BCUT2D eigenvalue weighted by molar-refractivity contribution is 7.98. The van der Waals surface area contributed by atoms with Crippen LogP contribution in [0.4, 0.5) is 8.78 Å². The van der Waals surface area contributed by atoms with Crippen LogP contribution in [0.25, 0.3) is 0 Å². The van der Waals surface area contributed by atoms with Gasteiger partial charge in [-0.05, 0) is 48.1 Å². The number of carbonyl (C=O) groups is 1. The van der Waals surface area contributed by atoms with E-state index in [1.54, 1.807) is 17.3 Å². The van der Waals surface area contributed by atoms with Gasteiger partial charge in [-0.3, -0.25) is 9.80 Å². The van der Waals surface area contributed by atoms with Crippen LogP contribution in [0.5, 0.6) is 0 Å². The van der Waals surface area contributed by atoms with Gasteiger partial charge in [0, 0.05) is 34.4 Å². The Bertz CT molecular complexity index is 1310. The number of fused-ring (bicyclic) bond motifs is 3. The molecular weight excluding hydrogens is 458 g/mol. The lowest BCUT2D eigenvalue weighted by Crippen LogP contribution is -2.54. The molecule has 1 spiro atoms. The maximum atomic E-state index is 15.1. The summed E-state index contributed by atoms with van der Waals surface area (Å²) in [5.41, 5.74) is 2.34. The quantitative estimate of drug-likeness (QED) is 0.612. The van der Waals surface area contributed by atoms with Crippen molar-refractivity contribution in [3.05, 3.63) is 88.0 Å². The third-order valence-corrected chi connectivity index (χ3v) is 9.01. The Hall–Kier alpha value is -2.68. The zero-order valence-electron chi connectivity index (χ0n) is 18.8. The molecule has 0 bridgehead atoms. The number of nitrogens with zero attached hydrogens (tertiary/aromatic N) is 2. The average Bonchev–Trinajstić information content (AvgIpc) is 3.50. The second-order valence-corrected chi connectivity index (χ2v) is 10.7. The molecule has 6 rings (SSSR count). The first-order chi connectivity index (χ1) is 16.2. The molecule has 34 heavy (non-hydrogen) atoms. The number of thioether (sulfide) groups is 1. The number of aliphatic hydroxyl groups is 2. The van der Waals surface area contributed by atoms with Crippen LogP contribution in [-0.2, 0) is 10.5 Å². The van der Waals surface area contributed by atoms with E-state index >= 15 is 4.39 Å². The summed E-state index contributed by atoms with van der Waals surface area (Å²) in [5.74, 6) is -1.89. The first-order valence-corrected chi connectivity index (χ1v) is 12.3. The van der Waals surface area contributed by atoms with Crippen molar-refractivity contribution in [1.29, 1.82) is 0 Å². The molecular formula is C26H24F2N2O3S. The summed E-state index contributed by atoms with van der Waals surface area (Å²) in [5, 5.41) is 25.0. The summed E-state index contributed by atoms with van der Waals surface area (Å²) in [6.07, 6.45) is 2.34. The third kappa shape index (κ3) is 2.88. The molecule has 176 valence electrons. The van der Waals surface area contributed by atoms with Crippen molar-refractivity contribution in [2.75, 3.05) is 6.54 Å². The fourth-order valence-electron chi connectivity index (χ4n) is 5.68. The van der Waals surface area contributed by atoms with Crippen molar-refractivity contribution in [3.63, 3.8) is 0 Å². The van der Waals surface area contributed by atoms with E-state index in [0.29, 0.717) is 24.1 Å². The lowest BCUT2D eigenvalue weighted by Gasteiger charge is -2.48. The maximum absolute atomic E-state index is 15.1. The van der Waals surface area contributed by atoms with Gasteiger partial charge in [0.1, 0.15) is 17.6 Å². The van der Waals surface area contributed by atoms with Crippen molar-refractivity contribution in [2.45, 2.75) is 43.1 Å². The topological polar surface area (TPSA) is 64.0 Å². The van der Waals surface area contributed by atoms with Crippen molar-refractivity contribution in [1.82, 2.24) is 10.0 Å². The normalized spacial score (nSPS) is 30.2. The molecule has 4 unspecified atom stereocenters. The molecule has 1 fully saturated rings. The first-order valence-electron chi connectivity index (χ1n) is 11.3. The number of Topliss-reactive ketones (excluding diaryl/α,β-unsaturated/α-hetero) is 1. The number of benzene rings is 2. The number of rotatable bonds is 1. The molecule has 2 aromatic rings. The summed E-state index contributed by atoms with van der Waals surface area (Å²) < 4.78 is 29.4. The molecule has 0 saturated heterocycles. The molecule has 2 N–H and O–H groups in total. The summed E-state index contributed by atoms with van der Waals surface area (Å²) in [4.78, 5) is 14.0. The second kappa shape index (κ2) is 7.41. The van der Waals surface area contributed by atoms with Gasteiger partial charge >= 0.3 is 0 Å². The zero-order valence-corrected chi connectivity index (χ0v) is 19.6. The number of aryl methyl sites for hydroxylation is 1. The van der Waals surface area contributed by atoms with Crippen LogP contribution in [0.3, 0.4) is 0 Å². The maximum Gasteiger partial charge on any atom is 0.216 e. The van der Waals surface area contributed by atoms with Crippen molar-refractivity contribution in [3.8, 4) is 0 Å². The monoisotopic (exact) mass is 482 g/mol. The van der Waals surface area contributed by atoms with E-state index < -0.39 is 35.0 Å². The molecule has 1 aliphatic carbocycles. The molecule has 2 aromatic carbocycles. The molecule has 3 heterocycles.